The number of alkyl halides is 3. The molecule has 34 heavy (non-hydrogen) atoms. The molecule has 0 atom stereocenters. The lowest BCUT2D eigenvalue weighted by Crippen LogP contribution is -2.40. The van der Waals surface area contributed by atoms with Gasteiger partial charge in [-0.1, -0.05) is 26.0 Å². The Bertz CT molecular complexity index is 1070. The van der Waals surface area contributed by atoms with Crippen molar-refractivity contribution in [3.05, 3.63) is 53.1 Å². The predicted octanol–water partition coefficient (Wildman–Crippen LogP) is 6.90. The van der Waals surface area contributed by atoms with Gasteiger partial charge < -0.3 is 14.5 Å². The monoisotopic (exact) mass is 474 g/mol. The molecule has 0 bridgehead atoms. The number of hydrogen-bond acceptors (Lipinski definition) is 3. The van der Waals surface area contributed by atoms with Crippen LogP contribution in [0, 0.1) is 5.41 Å². The van der Waals surface area contributed by atoms with E-state index in [2.05, 4.69) is 24.8 Å². The molecule has 2 aromatic rings. The molecule has 7 heteroatoms. The maximum atomic E-state index is 13.1. The molecule has 2 aromatic carbocycles. The number of fused-ring (bicyclic) bond motifs is 1. The van der Waals surface area contributed by atoms with Crippen LogP contribution < -0.4 is 4.90 Å². The number of ether oxygens (including phenoxy) is 1. The molecule has 4 nitrogen and oxygen atoms in total. The van der Waals surface area contributed by atoms with Crippen LogP contribution >= 0.6 is 0 Å². The standard InChI is InChI=1S/C27H33F3N2O2/c1-25(2,3)34-24(33)31-12-10-22-20(16-31)14-19(15-23(22)32-13-11-26(4,5)17-32)18-6-8-21(9-7-18)27(28,29)30/h6-9,14-15H,10-13,16-17H2,1-5H3. The third kappa shape index (κ3) is 5.34. The highest BCUT2D eigenvalue weighted by molar-refractivity contribution is 5.75. The van der Waals surface area contributed by atoms with Crippen LogP contribution in [-0.4, -0.2) is 36.2 Å². The molecule has 0 N–H and O–H groups in total. The van der Waals surface area contributed by atoms with Gasteiger partial charge >= 0.3 is 12.3 Å². The third-order valence-corrected chi connectivity index (χ3v) is 6.53. The highest BCUT2D eigenvalue weighted by Crippen LogP contribution is 2.40. The second-order valence-electron chi connectivity index (χ2n) is 11.2. The summed E-state index contributed by atoms with van der Waals surface area (Å²) in [6.45, 7) is 12.9. The van der Waals surface area contributed by atoms with Crippen LogP contribution in [0.2, 0.25) is 0 Å². The van der Waals surface area contributed by atoms with Crippen molar-refractivity contribution in [3.63, 3.8) is 0 Å². The molecule has 0 radical (unpaired) electrons. The van der Waals surface area contributed by atoms with Crippen molar-refractivity contribution in [2.75, 3.05) is 24.5 Å². The van der Waals surface area contributed by atoms with Crippen molar-refractivity contribution in [2.24, 2.45) is 5.41 Å². The average Bonchev–Trinajstić information content (AvgIpc) is 3.10. The predicted molar refractivity (Wildman–Crippen MR) is 128 cm³/mol. The van der Waals surface area contributed by atoms with E-state index < -0.39 is 17.3 Å². The molecule has 0 unspecified atom stereocenters. The van der Waals surface area contributed by atoms with Crippen LogP contribution in [0.3, 0.4) is 0 Å². The van der Waals surface area contributed by atoms with Crippen LogP contribution in [-0.2, 0) is 23.9 Å². The zero-order chi connectivity index (χ0) is 24.9. The van der Waals surface area contributed by atoms with Gasteiger partial charge in [0.25, 0.3) is 0 Å². The number of anilines is 1. The van der Waals surface area contributed by atoms with Crippen molar-refractivity contribution in [1.82, 2.24) is 4.90 Å². The van der Waals surface area contributed by atoms with E-state index in [0.29, 0.717) is 19.5 Å². The van der Waals surface area contributed by atoms with Gasteiger partial charge in [-0.3, -0.25) is 0 Å². The number of nitrogens with zero attached hydrogens (tertiary/aromatic N) is 2. The van der Waals surface area contributed by atoms with Crippen molar-refractivity contribution in [1.29, 1.82) is 0 Å². The molecule has 1 fully saturated rings. The zero-order valence-corrected chi connectivity index (χ0v) is 20.6. The van der Waals surface area contributed by atoms with E-state index in [4.69, 9.17) is 4.74 Å². The zero-order valence-electron chi connectivity index (χ0n) is 20.6. The summed E-state index contributed by atoms with van der Waals surface area (Å²) in [4.78, 5) is 16.8. The van der Waals surface area contributed by atoms with Gasteiger partial charge in [0.05, 0.1) is 5.56 Å². The Morgan fingerprint density at radius 2 is 1.68 bits per heavy atom. The summed E-state index contributed by atoms with van der Waals surface area (Å²) >= 11 is 0. The Morgan fingerprint density at radius 3 is 2.24 bits per heavy atom. The molecule has 1 amide bonds. The molecule has 1 saturated heterocycles. The quantitative estimate of drug-likeness (QED) is 0.475. The molecule has 2 aliphatic heterocycles. The van der Waals surface area contributed by atoms with E-state index in [1.54, 1.807) is 4.90 Å². The van der Waals surface area contributed by atoms with Gasteiger partial charge in [0, 0.05) is 31.9 Å². The number of carbonyl (C=O) groups excluding carboxylic acids is 1. The Labute approximate surface area is 199 Å². The second kappa shape index (κ2) is 8.51. The summed E-state index contributed by atoms with van der Waals surface area (Å²) in [7, 11) is 0. The Morgan fingerprint density at radius 1 is 1.00 bits per heavy atom. The van der Waals surface area contributed by atoms with E-state index in [-0.39, 0.29) is 11.5 Å². The topological polar surface area (TPSA) is 32.8 Å². The summed E-state index contributed by atoms with van der Waals surface area (Å²) in [5, 5.41) is 0. The van der Waals surface area contributed by atoms with Crippen molar-refractivity contribution < 1.29 is 22.7 Å². The minimum Gasteiger partial charge on any atom is -0.444 e. The smallest absolute Gasteiger partial charge is 0.416 e. The molecule has 4 rings (SSSR count). The summed E-state index contributed by atoms with van der Waals surface area (Å²) in [5.74, 6) is 0. The first-order valence-corrected chi connectivity index (χ1v) is 11.8. The van der Waals surface area contributed by atoms with E-state index in [0.717, 1.165) is 54.0 Å². The van der Waals surface area contributed by atoms with Crippen molar-refractivity contribution in [3.8, 4) is 11.1 Å². The molecular weight excluding hydrogens is 441 g/mol. The molecule has 2 aliphatic rings. The lowest BCUT2D eigenvalue weighted by atomic mass is 9.91. The fourth-order valence-electron chi connectivity index (χ4n) is 4.78. The third-order valence-electron chi connectivity index (χ3n) is 6.53. The molecule has 0 saturated carbocycles. The molecular formula is C27H33F3N2O2. The molecule has 0 spiro atoms. The fraction of sp³-hybridized carbons (Fsp3) is 0.519. The second-order valence-corrected chi connectivity index (χ2v) is 11.2. The molecule has 2 heterocycles. The summed E-state index contributed by atoms with van der Waals surface area (Å²) in [6.07, 6.45) is -2.92. The van der Waals surface area contributed by atoms with Gasteiger partial charge in [-0.2, -0.15) is 13.2 Å². The molecule has 0 aliphatic carbocycles. The van der Waals surface area contributed by atoms with E-state index >= 15 is 0 Å². The van der Waals surface area contributed by atoms with Crippen molar-refractivity contribution in [2.45, 2.75) is 65.8 Å². The molecule has 0 aromatic heterocycles. The normalized spacial score (nSPS) is 18.1. The Hall–Kier alpha value is -2.70. The largest absolute Gasteiger partial charge is 0.444 e. The highest BCUT2D eigenvalue weighted by Gasteiger charge is 2.34. The number of rotatable bonds is 2. The summed E-state index contributed by atoms with van der Waals surface area (Å²) in [6, 6.07) is 9.42. The maximum Gasteiger partial charge on any atom is 0.416 e. The number of carbonyl (C=O) groups is 1. The van der Waals surface area contributed by atoms with Gasteiger partial charge in [0.15, 0.2) is 0 Å². The van der Waals surface area contributed by atoms with E-state index in [1.807, 2.05) is 26.8 Å². The van der Waals surface area contributed by atoms with Crippen LogP contribution in [0.4, 0.5) is 23.7 Å². The minimum atomic E-state index is -4.37. The number of halogens is 3. The Kier molecular flexibility index (Phi) is 6.11. The first-order valence-electron chi connectivity index (χ1n) is 11.8. The number of benzene rings is 2. The number of hydrogen-bond donors (Lipinski definition) is 0. The summed E-state index contributed by atoms with van der Waals surface area (Å²) < 4.78 is 44.8. The summed E-state index contributed by atoms with van der Waals surface area (Å²) in [5.41, 5.74) is 3.92. The van der Waals surface area contributed by atoms with Crippen LogP contribution in [0.1, 0.15) is 57.7 Å². The van der Waals surface area contributed by atoms with Gasteiger partial charge in [-0.25, -0.2) is 4.79 Å². The average molecular weight is 475 g/mol. The SMILES string of the molecule is CC1(C)CCN(c2cc(-c3ccc(C(F)(F)F)cc3)cc3c2CCN(C(=O)OC(C)(C)C)C3)C1. The first kappa shape index (κ1) is 24.4. The van der Waals surface area contributed by atoms with Crippen LogP contribution in [0.25, 0.3) is 11.1 Å². The van der Waals surface area contributed by atoms with E-state index in [1.165, 1.54) is 17.7 Å². The fourth-order valence-corrected chi connectivity index (χ4v) is 4.78. The van der Waals surface area contributed by atoms with Gasteiger partial charge in [0.1, 0.15) is 5.60 Å². The van der Waals surface area contributed by atoms with E-state index in [9.17, 15) is 18.0 Å². The highest BCUT2D eigenvalue weighted by atomic mass is 19.4. The van der Waals surface area contributed by atoms with Crippen molar-refractivity contribution >= 4 is 11.8 Å². The van der Waals surface area contributed by atoms with Gasteiger partial charge in [0.2, 0.25) is 0 Å². The van der Waals surface area contributed by atoms with Gasteiger partial charge in [-0.15, -0.1) is 0 Å². The lowest BCUT2D eigenvalue weighted by Gasteiger charge is -2.34. The Balaban J connectivity index is 1.72. The number of amides is 1. The van der Waals surface area contributed by atoms with Crippen LogP contribution in [0.5, 0.6) is 0 Å². The van der Waals surface area contributed by atoms with Crippen LogP contribution in [0.15, 0.2) is 36.4 Å². The maximum absolute atomic E-state index is 13.1. The molecule has 184 valence electrons. The first-order chi connectivity index (χ1) is 15.7. The minimum absolute atomic E-state index is 0.203. The van der Waals surface area contributed by atoms with Gasteiger partial charge in [-0.05, 0) is 85.5 Å². The lowest BCUT2D eigenvalue weighted by molar-refractivity contribution is -0.137.